The first-order valence-electron chi connectivity index (χ1n) is 5.06. The summed E-state index contributed by atoms with van der Waals surface area (Å²) in [7, 11) is 0. The fourth-order valence-electron chi connectivity index (χ4n) is 1.28. The number of aliphatic carboxylic acids is 2. The Balaban J connectivity index is 0. The summed E-state index contributed by atoms with van der Waals surface area (Å²) < 4.78 is 0. The van der Waals surface area contributed by atoms with Gasteiger partial charge >= 0.3 is 11.9 Å². The van der Waals surface area contributed by atoms with Crippen molar-refractivity contribution >= 4 is 11.9 Å². The fraction of sp³-hybridized carbons (Fsp3) is 0.818. The van der Waals surface area contributed by atoms with Gasteiger partial charge in [0.2, 0.25) is 0 Å². The smallest absolute Gasteiger partial charge is 0.309 e. The van der Waals surface area contributed by atoms with E-state index in [-0.39, 0.29) is 28.1 Å². The van der Waals surface area contributed by atoms with Crippen molar-refractivity contribution in [2.45, 2.75) is 47.0 Å². The summed E-state index contributed by atoms with van der Waals surface area (Å²) >= 11 is 0. The molecule has 0 aromatic carbocycles. The fourth-order valence-corrected chi connectivity index (χ4v) is 1.28. The normalized spacial score (nSPS) is 11.8. The molecule has 92 valence electrons. The van der Waals surface area contributed by atoms with Crippen LogP contribution < -0.4 is 0 Å². The molecule has 0 aromatic heterocycles. The first-order chi connectivity index (χ1) is 6.61. The maximum Gasteiger partial charge on any atom is 0.309 e. The summed E-state index contributed by atoms with van der Waals surface area (Å²) in [4.78, 5) is 21.4. The molecule has 0 aromatic rings. The third-order valence-corrected chi connectivity index (χ3v) is 3.42. The molecule has 0 heterocycles. The van der Waals surface area contributed by atoms with Crippen molar-refractivity contribution in [3.63, 3.8) is 0 Å². The summed E-state index contributed by atoms with van der Waals surface area (Å²) in [6.45, 7) is 7.08. The van der Waals surface area contributed by atoms with Gasteiger partial charge in [-0.05, 0) is 32.1 Å². The van der Waals surface area contributed by atoms with E-state index in [1.165, 1.54) is 0 Å². The van der Waals surface area contributed by atoms with Crippen molar-refractivity contribution in [1.29, 1.82) is 0 Å². The first kappa shape index (κ1) is 18.0. The molecule has 0 saturated heterocycles. The molecule has 0 unspecified atom stereocenters. The van der Waals surface area contributed by atoms with Gasteiger partial charge in [0.25, 0.3) is 0 Å². The molecule has 0 atom stereocenters. The van der Waals surface area contributed by atoms with E-state index in [0.29, 0.717) is 12.8 Å². The van der Waals surface area contributed by atoms with E-state index in [0.717, 1.165) is 0 Å². The second-order valence-corrected chi connectivity index (χ2v) is 5.06. The van der Waals surface area contributed by atoms with Gasteiger partial charge in [-0.3, -0.25) is 9.59 Å². The van der Waals surface area contributed by atoms with Crippen LogP contribution in [0.25, 0.3) is 0 Å². The van der Waals surface area contributed by atoms with Crippen molar-refractivity contribution in [2.24, 2.45) is 10.8 Å². The minimum Gasteiger partial charge on any atom is -0.481 e. The molecule has 0 radical (unpaired) electrons. The summed E-state index contributed by atoms with van der Waals surface area (Å²) in [6.07, 6.45) is 1.21. The van der Waals surface area contributed by atoms with E-state index in [2.05, 4.69) is 0 Å². The molecule has 0 aliphatic carbocycles. The number of rotatable bonds is 6. The Labute approximate surface area is 111 Å². The molecule has 0 rings (SSSR count). The van der Waals surface area contributed by atoms with Crippen LogP contribution in [0.4, 0.5) is 0 Å². The first-order valence-corrected chi connectivity index (χ1v) is 5.06. The topological polar surface area (TPSA) is 74.6 Å². The molecule has 0 bridgehead atoms. The van der Waals surface area contributed by atoms with Crippen molar-refractivity contribution < 1.29 is 41.5 Å². The maximum atomic E-state index is 11.0. The molecule has 0 saturated carbocycles. The summed E-state index contributed by atoms with van der Waals surface area (Å²) in [5.41, 5.74) is -1.25. The summed E-state index contributed by atoms with van der Waals surface area (Å²) in [6, 6.07) is 0. The van der Waals surface area contributed by atoms with Crippen molar-refractivity contribution in [3.8, 4) is 0 Å². The van der Waals surface area contributed by atoms with E-state index in [1.54, 1.807) is 13.8 Å². The van der Waals surface area contributed by atoms with Crippen LogP contribution in [0.5, 0.6) is 0 Å². The van der Waals surface area contributed by atoms with Gasteiger partial charge in [-0.1, -0.05) is 13.8 Å². The average Bonchev–Trinajstić information content (AvgIpc) is 2.02. The Hall–Kier alpha value is -0.346. The zero-order valence-electron chi connectivity index (χ0n) is 10.3. The number of carboxylic acids is 2. The van der Waals surface area contributed by atoms with Crippen LogP contribution in [0.3, 0.4) is 0 Å². The van der Waals surface area contributed by atoms with Gasteiger partial charge in [-0.15, -0.1) is 0 Å². The van der Waals surface area contributed by atoms with Crippen LogP contribution in [0.1, 0.15) is 47.0 Å². The predicted octanol–water partition coefficient (Wildman–Crippen LogP) is 2.38. The minimum absolute atomic E-state index is 0. The van der Waals surface area contributed by atoms with E-state index >= 15 is 0 Å². The van der Waals surface area contributed by atoms with E-state index in [9.17, 15) is 9.59 Å². The molecule has 0 aliphatic heterocycles. The summed E-state index contributed by atoms with van der Waals surface area (Å²) in [5, 5.41) is 17.6. The molecule has 5 heteroatoms. The molecule has 0 amide bonds. The Kier molecular flexibility index (Phi) is 7.22. The van der Waals surface area contributed by atoms with E-state index < -0.39 is 22.8 Å². The minimum atomic E-state index is -0.845. The van der Waals surface area contributed by atoms with Crippen LogP contribution >= 0.6 is 0 Å². The monoisotopic (exact) mass is 264 g/mol. The number of hydrogen-bond donors (Lipinski definition) is 2. The molecule has 16 heavy (non-hydrogen) atoms. The third kappa shape index (κ3) is 4.66. The van der Waals surface area contributed by atoms with Crippen LogP contribution in [-0.2, 0) is 31.3 Å². The van der Waals surface area contributed by atoms with Crippen LogP contribution in [0.15, 0.2) is 0 Å². The molecule has 0 aliphatic rings. The van der Waals surface area contributed by atoms with Gasteiger partial charge in [0, 0.05) is 28.1 Å². The number of carbonyl (C=O) groups is 2. The Bertz CT molecular complexity index is 259. The molecule has 0 fully saturated rings. The largest absolute Gasteiger partial charge is 0.481 e. The standard InChI is InChI=1S/C11H20O4.Ti/c1-10(2,7-5-6-8(12)13)11(3,4)9(14)15;/h5-7H2,1-4H3,(H,12,13)(H,14,15);. The van der Waals surface area contributed by atoms with Gasteiger partial charge in [0.05, 0.1) is 5.41 Å². The van der Waals surface area contributed by atoms with Crippen LogP contribution in [0.2, 0.25) is 0 Å². The van der Waals surface area contributed by atoms with Crippen molar-refractivity contribution in [2.75, 3.05) is 0 Å². The second kappa shape index (κ2) is 6.40. The number of carboxylic acid groups (broad SMARTS) is 2. The van der Waals surface area contributed by atoms with Gasteiger partial charge in [0.15, 0.2) is 0 Å². The van der Waals surface area contributed by atoms with Gasteiger partial charge < -0.3 is 10.2 Å². The van der Waals surface area contributed by atoms with E-state index in [4.69, 9.17) is 10.2 Å². The Morgan fingerprint density at radius 3 is 1.81 bits per heavy atom. The van der Waals surface area contributed by atoms with E-state index in [1.807, 2.05) is 13.8 Å². The molecule has 4 nitrogen and oxygen atoms in total. The van der Waals surface area contributed by atoms with Crippen LogP contribution in [0, 0.1) is 10.8 Å². The molecule has 0 spiro atoms. The van der Waals surface area contributed by atoms with Crippen molar-refractivity contribution in [3.05, 3.63) is 0 Å². The van der Waals surface area contributed by atoms with Gasteiger partial charge in [-0.2, -0.15) is 0 Å². The molecular formula is C11H20O4Ti. The molecule has 2 N–H and O–H groups in total. The Morgan fingerprint density at radius 1 is 1.06 bits per heavy atom. The SMILES string of the molecule is CC(C)(CCCC(=O)O)C(C)(C)C(=O)O.[Ti]. The van der Waals surface area contributed by atoms with Crippen molar-refractivity contribution in [1.82, 2.24) is 0 Å². The second-order valence-electron chi connectivity index (χ2n) is 5.06. The average molecular weight is 264 g/mol. The number of hydrogen-bond acceptors (Lipinski definition) is 2. The zero-order chi connectivity index (χ0) is 12.3. The summed E-state index contributed by atoms with van der Waals surface area (Å²) in [5.74, 6) is -1.68. The van der Waals surface area contributed by atoms with Gasteiger partial charge in [-0.25, -0.2) is 0 Å². The Morgan fingerprint density at radius 2 is 1.50 bits per heavy atom. The zero-order valence-corrected chi connectivity index (χ0v) is 11.9. The van der Waals surface area contributed by atoms with Crippen LogP contribution in [-0.4, -0.2) is 22.2 Å². The predicted molar refractivity (Wildman–Crippen MR) is 56.7 cm³/mol. The third-order valence-electron chi connectivity index (χ3n) is 3.42. The van der Waals surface area contributed by atoms with Gasteiger partial charge in [0.1, 0.15) is 0 Å². The quantitative estimate of drug-likeness (QED) is 0.722. The maximum absolute atomic E-state index is 11.0. The molecular weight excluding hydrogens is 244 g/mol.